The number of sulfonamides is 1. The van der Waals surface area contributed by atoms with Crippen LogP contribution in [0.5, 0.6) is 0 Å². The Balaban J connectivity index is 2.13. The van der Waals surface area contributed by atoms with E-state index in [1.807, 2.05) is 27.7 Å². The molecule has 1 aromatic carbocycles. The molecule has 0 fully saturated rings. The molecular weight excluding hydrogens is 378 g/mol. The van der Waals surface area contributed by atoms with E-state index in [2.05, 4.69) is 14.9 Å². The topological polar surface area (TPSA) is 74.8 Å². The number of benzene rings is 1. The summed E-state index contributed by atoms with van der Waals surface area (Å²) in [6, 6.07) is 6.57. The lowest BCUT2D eigenvalue weighted by molar-refractivity contribution is 0.601. The van der Waals surface area contributed by atoms with Gasteiger partial charge in [-0.15, -0.1) is 11.3 Å². The number of hydrogen-bond donors (Lipinski definition) is 2. The van der Waals surface area contributed by atoms with Crippen LogP contribution in [0, 0.1) is 27.7 Å². The van der Waals surface area contributed by atoms with Gasteiger partial charge in [0.2, 0.25) is 0 Å². The molecule has 25 heavy (non-hydrogen) atoms. The highest BCUT2D eigenvalue weighted by Gasteiger charge is 2.28. The predicted octanol–water partition coefficient (Wildman–Crippen LogP) is 4.83. The third-order valence-electron chi connectivity index (χ3n) is 4.06. The van der Waals surface area contributed by atoms with E-state index < -0.39 is 10.0 Å². The van der Waals surface area contributed by atoms with Gasteiger partial charge in [-0.1, -0.05) is 11.6 Å². The monoisotopic (exact) mass is 395 g/mol. The minimum absolute atomic E-state index is 0.277. The second-order valence-electron chi connectivity index (χ2n) is 5.85. The van der Waals surface area contributed by atoms with Crippen molar-refractivity contribution >= 4 is 38.6 Å². The molecule has 2 heterocycles. The molecular formula is C17H18ClN3O2S2. The molecule has 5 nitrogen and oxygen atoms in total. The van der Waals surface area contributed by atoms with E-state index in [0.29, 0.717) is 22.0 Å². The highest BCUT2D eigenvalue weighted by atomic mass is 35.5. The number of aryl methyl sites for hydroxylation is 3. The van der Waals surface area contributed by atoms with Crippen molar-refractivity contribution in [3.8, 4) is 11.3 Å². The van der Waals surface area contributed by atoms with Crippen molar-refractivity contribution < 1.29 is 8.42 Å². The molecule has 2 N–H and O–H groups in total. The van der Waals surface area contributed by atoms with E-state index in [0.717, 1.165) is 21.0 Å². The van der Waals surface area contributed by atoms with E-state index in [4.69, 9.17) is 11.6 Å². The van der Waals surface area contributed by atoms with Crippen LogP contribution in [0.3, 0.4) is 0 Å². The fourth-order valence-electron chi connectivity index (χ4n) is 2.71. The summed E-state index contributed by atoms with van der Waals surface area (Å²) in [5.41, 5.74) is 3.67. The van der Waals surface area contributed by atoms with E-state index in [-0.39, 0.29) is 4.90 Å². The fourth-order valence-corrected chi connectivity index (χ4v) is 5.76. The van der Waals surface area contributed by atoms with Crippen LogP contribution in [0.1, 0.15) is 21.0 Å². The minimum Gasteiger partial charge on any atom is -0.282 e. The molecule has 0 aliphatic carbocycles. The number of aromatic amines is 1. The molecule has 0 amide bonds. The maximum atomic E-state index is 13.1. The van der Waals surface area contributed by atoms with Crippen molar-refractivity contribution in [2.75, 3.05) is 4.72 Å². The van der Waals surface area contributed by atoms with Gasteiger partial charge in [0.1, 0.15) is 4.90 Å². The molecule has 0 aliphatic heterocycles. The third kappa shape index (κ3) is 3.31. The van der Waals surface area contributed by atoms with Crippen LogP contribution < -0.4 is 4.72 Å². The number of H-pyrrole nitrogens is 1. The number of anilines is 1. The van der Waals surface area contributed by atoms with Gasteiger partial charge in [-0.2, -0.15) is 5.10 Å². The molecule has 0 saturated carbocycles. The quantitative estimate of drug-likeness (QED) is 0.664. The van der Waals surface area contributed by atoms with Gasteiger partial charge in [0.25, 0.3) is 10.0 Å². The third-order valence-corrected chi connectivity index (χ3v) is 7.01. The second kappa shape index (κ2) is 6.48. The maximum absolute atomic E-state index is 13.1. The Labute approximate surface area is 156 Å². The largest absolute Gasteiger partial charge is 0.282 e. The van der Waals surface area contributed by atoms with Gasteiger partial charge in [0.15, 0.2) is 0 Å². The Morgan fingerprint density at radius 3 is 2.28 bits per heavy atom. The summed E-state index contributed by atoms with van der Waals surface area (Å²) in [6.07, 6.45) is 0. The van der Waals surface area contributed by atoms with Gasteiger partial charge in [-0.05, 0) is 57.5 Å². The average Bonchev–Trinajstić information content (AvgIpc) is 3.01. The summed E-state index contributed by atoms with van der Waals surface area (Å²) in [5, 5.41) is 7.81. The lowest BCUT2D eigenvalue weighted by Crippen LogP contribution is -2.14. The molecule has 8 heteroatoms. The Morgan fingerprint density at radius 1 is 1.08 bits per heavy atom. The zero-order valence-corrected chi connectivity index (χ0v) is 16.7. The zero-order valence-electron chi connectivity index (χ0n) is 14.3. The summed E-state index contributed by atoms with van der Waals surface area (Å²) < 4.78 is 28.7. The van der Waals surface area contributed by atoms with Crippen LogP contribution in [0.15, 0.2) is 29.2 Å². The molecule has 0 aliphatic rings. The number of halogens is 1. The summed E-state index contributed by atoms with van der Waals surface area (Å²) in [6.45, 7) is 7.58. The van der Waals surface area contributed by atoms with Gasteiger partial charge in [-0.25, -0.2) is 8.42 Å². The van der Waals surface area contributed by atoms with E-state index in [1.165, 1.54) is 11.3 Å². The lowest BCUT2D eigenvalue weighted by Gasteiger charge is -2.10. The number of nitrogens with zero attached hydrogens (tertiary/aromatic N) is 1. The minimum atomic E-state index is -3.76. The van der Waals surface area contributed by atoms with E-state index >= 15 is 0 Å². The highest BCUT2D eigenvalue weighted by molar-refractivity contribution is 7.93. The van der Waals surface area contributed by atoms with Crippen LogP contribution in [-0.2, 0) is 10.0 Å². The zero-order chi connectivity index (χ0) is 18.4. The molecule has 0 spiro atoms. The van der Waals surface area contributed by atoms with Crippen LogP contribution in [0.25, 0.3) is 11.3 Å². The summed E-state index contributed by atoms with van der Waals surface area (Å²) >= 11 is 7.32. The molecule has 132 valence electrons. The average molecular weight is 396 g/mol. The standard InChI is InChI=1S/C17H18ClN3O2S2/c1-9-10(2)19-20-16(9)15-11(3)24-12(4)17(15)25(22,23)21-14-7-5-13(18)6-8-14/h5-8,21H,1-4H3,(H,19,20). The first kappa shape index (κ1) is 18.0. The summed E-state index contributed by atoms with van der Waals surface area (Å²) in [5.74, 6) is 0. The molecule has 0 bridgehead atoms. The first-order chi connectivity index (χ1) is 11.7. The van der Waals surface area contributed by atoms with Crippen molar-refractivity contribution in [1.29, 1.82) is 0 Å². The molecule has 0 radical (unpaired) electrons. The van der Waals surface area contributed by atoms with E-state index in [9.17, 15) is 8.42 Å². The van der Waals surface area contributed by atoms with Crippen LogP contribution in [0.2, 0.25) is 5.02 Å². The molecule has 0 atom stereocenters. The normalized spacial score (nSPS) is 11.7. The first-order valence-electron chi connectivity index (χ1n) is 7.61. The molecule has 3 aromatic rings. The summed E-state index contributed by atoms with van der Waals surface area (Å²) in [7, 11) is -3.76. The first-order valence-corrected chi connectivity index (χ1v) is 10.3. The predicted molar refractivity (Wildman–Crippen MR) is 103 cm³/mol. The van der Waals surface area contributed by atoms with Gasteiger partial charge in [-0.3, -0.25) is 9.82 Å². The van der Waals surface area contributed by atoms with Crippen molar-refractivity contribution in [2.45, 2.75) is 32.6 Å². The number of aromatic nitrogens is 2. The number of thiophene rings is 1. The summed E-state index contributed by atoms with van der Waals surface area (Å²) in [4.78, 5) is 1.93. The Hall–Kier alpha value is -1.83. The van der Waals surface area contributed by atoms with Crippen molar-refractivity contribution in [3.05, 3.63) is 50.3 Å². The van der Waals surface area contributed by atoms with E-state index in [1.54, 1.807) is 24.3 Å². The van der Waals surface area contributed by atoms with Gasteiger partial charge >= 0.3 is 0 Å². The smallest absolute Gasteiger partial charge is 0.263 e. The molecule has 2 aromatic heterocycles. The highest BCUT2D eigenvalue weighted by Crippen LogP contribution is 2.40. The van der Waals surface area contributed by atoms with Crippen molar-refractivity contribution in [2.24, 2.45) is 0 Å². The van der Waals surface area contributed by atoms with Crippen LogP contribution in [-0.4, -0.2) is 18.6 Å². The Morgan fingerprint density at radius 2 is 1.72 bits per heavy atom. The van der Waals surface area contributed by atoms with Gasteiger partial charge in [0.05, 0.1) is 5.69 Å². The number of nitrogens with one attached hydrogen (secondary N) is 2. The molecule has 0 unspecified atom stereocenters. The lowest BCUT2D eigenvalue weighted by atomic mass is 10.1. The van der Waals surface area contributed by atoms with Crippen LogP contribution in [0.4, 0.5) is 5.69 Å². The van der Waals surface area contributed by atoms with Gasteiger partial charge < -0.3 is 0 Å². The Bertz CT molecular complexity index is 1030. The van der Waals surface area contributed by atoms with Crippen molar-refractivity contribution in [3.63, 3.8) is 0 Å². The fraction of sp³-hybridized carbons (Fsp3) is 0.235. The number of hydrogen-bond acceptors (Lipinski definition) is 4. The van der Waals surface area contributed by atoms with Crippen molar-refractivity contribution in [1.82, 2.24) is 10.2 Å². The maximum Gasteiger partial charge on any atom is 0.263 e. The molecule has 0 saturated heterocycles. The van der Waals surface area contributed by atoms with Gasteiger partial charge in [0, 0.05) is 31.7 Å². The Kier molecular flexibility index (Phi) is 4.66. The van der Waals surface area contributed by atoms with Crippen LogP contribution >= 0.6 is 22.9 Å². The second-order valence-corrected chi connectivity index (χ2v) is 9.34. The number of rotatable bonds is 4. The SMILES string of the molecule is Cc1[nH]nc(-c2c(C)sc(C)c2S(=O)(=O)Nc2ccc(Cl)cc2)c1C. The molecule has 3 rings (SSSR count).